The van der Waals surface area contributed by atoms with E-state index in [9.17, 15) is 28.8 Å². The van der Waals surface area contributed by atoms with Crippen LogP contribution in [0.25, 0.3) is 0 Å². The minimum absolute atomic E-state index is 0.139. The molecule has 12 nitrogen and oxygen atoms in total. The molecule has 0 aliphatic carbocycles. The zero-order valence-electron chi connectivity index (χ0n) is 22.1. The van der Waals surface area contributed by atoms with E-state index in [0.717, 1.165) is 64.2 Å². The van der Waals surface area contributed by atoms with Crippen LogP contribution in [-0.2, 0) is 28.8 Å². The highest BCUT2D eigenvalue weighted by molar-refractivity contribution is 5.84. The summed E-state index contributed by atoms with van der Waals surface area (Å²) in [7, 11) is 0. The Morgan fingerprint density at radius 2 is 0.684 bits per heavy atom. The number of hydrogen-bond donors (Lipinski definition) is 6. The van der Waals surface area contributed by atoms with Gasteiger partial charge in [-0.05, 0) is 25.7 Å². The lowest BCUT2D eigenvalue weighted by Gasteiger charge is -2.13. The monoisotopic (exact) mass is 544 g/mol. The van der Waals surface area contributed by atoms with Crippen molar-refractivity contribution in [2.75, 3.05) is 0 Å². The first-order valence-electron chi connectivity index (χ1n) is 13.5. The molecule has 0 radical (unpaired) electrons. The first-order chi connectivity index (χ1) is 18.0. The first-order valence-corrected chi connectivity index (χ1v) is 13.5. The Balaban J connectivity index is 3.63. The summed E-state index contributed by atoms with van der Waals surface area (Å²) in [4.78, 5) is 67.1. The molecule has 0 saturated heterocycles. The molecule has 38 heavy (non-hydrogen) atoms. The van der Waals surface area contributed by atoms with Crippen LogP contribution in [-0.4, -0.2) is 68.2 Å². The summed E-state index contributed by atoms with van der Waals surface area (Å²) in [6.07, 6.45) is 11.2. The van der Waals surface area contributed by atoms with E-state index in [-0.39, 0.29) is 50.3 Å². The Morgan fingerprint density at radius 1 is 0.421 bits per heavy atom. The fourth-order valence-electron chi connectivity index (χ4n) is 3.92. The van der Waals surface area contributed by atoms with E-state index < -0.39 is 36.0 Å². The van der Waals surface area contributed by atoms with E-state index >= 15 is 0 Å². The van der Waals surface area contributed by atoms with Gasteiger partial charge < -0.3 is 31.1 Å². The summed E-state index contributed by atoms with van der Waals surface area (Å²) in [6.45, 7) is 0. The number of carbonyl (C=O) groups excluding carboxylic acids is 2. The molecule has 0 saturated carbocycles. The predicted octanol–water partition coefficient (Wildman–Crippen LogP) is 3.32. The van der Waals surface area contributed by atoms with Gasteiger partial charge in [0.15, 0.2) is 0 Å². The quantitative estimate of drug-likeness (QED) is 0.0924. The molecule has 0 aromatic heterocycles. The van der Waals surface area contributed by atoms with Gasteiger partial charge in [0.25, 0.3) is 0 Å². The van der Waals surface area contributed by atoms with E-state index in [1.54, 1.807) is 0 Å². The molecule has 218 valence electrons. The van der Waals surface area contributed by atoms with Gasteiger partial charge in [-0.2, -0.15) is 0 Å². The highest BCUT2D eigenvalue weighted by Gasteiger charge is 2.21. The smallest absolute Gasteiger partial charge is 0.326 e. The molecule has 0 aromatic carbocycles. The molecule has 2 atom stereocenters. The average Bonchev–Trinajstić information content (AvgIpc) is 2.83. The van der Waals surface area contributed by atoms with Gasteiger partial charge >= 0.3 is 23.9 Å². The largest absolute Gasteiger partial charge is 0.481 e. The van der Waals surface area contributed by atoms with Crippen LogP contribution in [0.2, 0.25) is 0 Å². The lowest BCUT2D eigenvalue weighted by molar-refractivity contribution is -0.144. The third-order valence-corrected chi connectivity index (χ3v) is 6.12. The third kappa shape index (κ3) is 21.0. The number of rotatable bonds is 25. The standard InChI is InChI=1S/C26H44N2O10/c29-21(27-19(25(35)36)15-17-23(31)32)13-11-9-7-5-3-1-2-4-6-8-10-12-14-22(30)28-20(26(37)38)16-18-24(33)34/h19-20H,1-18H2,(H,27,29)(H,28,30)(H,31,32)(H,33,34)(H,35,36)(H,37,38)/t19-,20-/m0/s1. The van der Waals surface area contributed by atoms with Gasteiger partial charge in [-0.15, -0.1) is 0 Å². The lowest BCUT2D eigenvalue weighted by atomic mass is 10.0. The normalized spacial score (nSPS) is 12.3. The number of amides is 2. The molecule has 0 rings (SSSR count). The van der Waals surface area contributed by atoms with E-state index in [2.05, 4.69) is 10.6 Å². The minimum atomic E-state index is -1.23. The molecule has 6 N–H and O–H groups in total. The predicted molar refractivity (Wildman–Crippen MR) is 138 cm³/mol. The van der Waals surface area contributed by atoms with Gasteiger partial charge in [0.1, 0.15) is 12.1 Å². The zero-order chi connectivity index (χ0) is 28.8. The average molecular weight is 545 g/mol. The second-order valence-electron chi connectivity index (χ2n) is 9.52. The number of unbranched alkanes of at least 4 members (excludes halogenated alkanes) is 11. The van der Waals surface area contributed by atoms with Crippen molar-refractivity contribution < 1.29 is 49.2 Å². The summed E-state index contributed by atoms with van der Waals surface area (Å²) < 4.78 is 0. The maximum Gasteiger partial charge on any atom is 0.326 e. The molecular formula is C26H44N2O10. The zero-order valence-corrected chi connectivity index (χ0v) is 22.1. The molecule has 0 aliphatic heterocycles. The molecule has 0 unspecified atom stereocenters. The molecule has 0 aliphatic rings. The van der Waals surface area contributed by atoms with Gasteiger partial charge in [-0.1, -0.05) is 64.2 Å². The van der Waals surface area contributed by atoms with Crippen molar-refractivity contribution in [3.05, 3.63) is 0 Å². The van der Waals surface area contributed by atoms with E-state index in [4.69, 9.17) is 20.4 Å². The second-order valence-corrected chi connectivity index (χ2v) is 9.52. The number of aliphatic carboxylic acids is 4. The van der Waals surface area contributed by atoms with Crippen LogP contribution >= 0.6 is 0 Å². The highest BCUT2D eigenvalue weighted by atomic mass is 16.4. The summed E-state index contributed by atoms with van der Waals surface area (Å²) in [5, 5.41) is 40.2. The van der Waals surface area contributed by atoms with Gasteiger partial charge in [0.2, 0.25) is 11.8 Å². The lowest BCUT2D eigenvalue weighted by Crippen LogP contribution is -2.41. The Kier molecular flexibility index (Phi) is 20.0. The first kappa shape index (κ1) is 34.8. The fourth-order valence-corrected chi connectivity index (χ4v) is 3.92. The Morgan fingerprint density at radius 3 is 0.921 bits per heavy atom. The molecule has 0 aromatic rings. The molecule has 2 amide bonds. The Bertz CT molecular complexity index is 694. The van der Waals surface area contributed by atoms with Crippen molar-refractivity contribution in [3.8, 4) is 0 Å². The Hall–Kier alpha value is -3.18. The minimum Gasteiger partial charge on any atom is -0.481 e. The van der Waals surface area contributed by atoms with Crippen LogP contribution in [0.1, 0.15) is 116 Å². The maximum atomic E-state index is 11.9. The Labute approximate surface area is 223 Å². The van der Waals surface area contributed by atoms with E-state index in [1.165, 1.54) is 0 Å². The number of carboxylic acid groups (broad SMARTS) is 4. The van der Waals surface area contributed by atoms with E-state index in [1.807, 2.05) is 0 Å². The SMILES string of the molecule is O=C(O)CC[C@H](NC(=O)CCCCCCCCCCCCCCC(=O)N[C@@H](CCC(=O)O)C(=O)O)C(=O)O. The van der Waals surface area contributed by atoms with E-state index in [0.29, 0.717) is 12.8 Å². The van der Waals surface area contributed by atoms with Crippen molar-refractivity contribution in [1.29, 1.82) is 0 Å². The van der Waals surface area contributed by atoms with Crippen LogP contribution in [0, 0.1) is 0 Å². The number of carbonyl (C=O) groups is 6. The van der Waals surface area contributed by atoms with Crippen molar-refractivity contribution in [1.82, 2.24) is 10.6 Å². The molecule has 12 heteroatoms. The van der Waals surface area contributed by atoms with Crippen molar-refractivity contribution >= 4 is 35.7 Å². The van der Waals surface area contributed by atoms with Crippen LogP contribution < -0.4 is 10.6 Å². The fraction of sp³-hybridized carbons (Fsp3) is 0.769. The van der Waals surface area contributed by atoms with Crippen LogP contribution in [0.4, 0.5) is 0 Å². The van der Waals surface area contributed by atoms with Crippen molar-refractivity contribution in [2.24, 2.45) is 0 Å². The second kappa shape index (κ2) is 21.9. The summed E-state index contributed by atoms with van der Waals surface area (Å²) in [5.41, 5.74) is 0. The summed E-state index contributed by atoms with van der Waals surface area (Å²) in [6, 6.07) is -2.35. The number of hydrogen-bond acceptors (Lipinski definition) is 6. The highest BCUT2D eigenvalue weighted by Crippen LogP contribution is 2.13. The molecule has 0 fully saturated rings. The van der Waals surface area contributed by atoms with Crippen LogP contribution in [0.5, 0.6) is 0 Å². The number of nitrogens with one attached hydrogen (secondary N) is 2. The van der Waals surface area contributed by atoms with Gasteiger partial charge in [-0.25, -0.2) is 9.59 Å². The molecule has 0 spiro atoms. The molecular weight excluding hydrogens is 500 g/mol. The van der Waals surface area contributed by atoms with Gasteiger partial charge in [-0.3, -0.25) is 19.2 Å². The van der Waals surface area contributed by atoms with Crippen LogP contribution in [0.15, 0.2) is 0 Å². The van der Waals surface area contributed by atoms with Crippen molar-refractivity contribution in [2.45, 2.75) is 128 Å². The number of carboxylic acids is 4. The van der Waals surface area contributed by atoms with Gasteiger partial charge in [0, 0.05) is 25.7 Å². The van der Waals surface area contributed by atoms with Crippen molar-refractivity contribution in [3.63, 3.8) is 0 Å². The van der Waals surface area contributed by atoms with Gasteiger partial charge in [0.05, 0.1) is 0 Å². The topological polar surface area (TPSA) is 207 Å². The van der Waals surface area contributed by atoms with Crippen LogP contribution in [0.3, 0.4) is 0 Å². The third-order valence-electron chi connectivity index (χ3n) is 6.12. The maximum absolute atomic E-state index is 11.9. The molecule has 0 heterocycles. The summed E-state index contributed by atoms with van der Waals surface area (Å²) >= 11 is 0. The molecule has 0 bridgehead atoms. The summed E-state index contributed by atoms with van der Waals surface area (Å²) in [5.74, 6) is -5.41.